The number of carbonyl (C=O) groups excluding carboxylic acids is 1. The third-order valence-electron chi connectivity index (χ3n) is 2.28. The molecule has 0 heterocycles. The summed E-state index contributed by atoms with van der Waals surface area (Å²) < 4.78 is 0. The van der Waals surface area contributed by atoms with Gasteiger partial charge in [-0.2, -0.15) is 0 Å². The Morgan fingerprint density at radius 2 is 2.11 bits per heavy atom. The molecule has 7 heteroatoms. The molecule has 0 unspecified atom stereocenters. The highest BCUT2D eigenvalue weighted by molar-refractivity contribution is 5.77. The first kappa shape index (κ1) is 14.4. The fourth-order valence-electron chi connectivity index (χ4n) is 1.48. The maximum absolute atomic E-state index is 10.9. The van der Waals surface area contributed by atoms with Crippen molar-refractivity contribution in [2.45, 2.75) is 12.8 Å². The molecule has 1 rings (SSSR count). The highest BCUT2D eigenvalue weighted by atomic mass is 16.6. The molecule has 100 valence electrons. The SMILES string of the molecule is NC(=O)CC=Cc1ccc(CC(=O)O)c([N+](=O)[O-])c1. The minimum Gasteiger partial charge on any atom is -0.481 e. The second-order valence-corrected chi connectivity index (χ2v) is 3.79. The lowest BCUT2D eigenvalue weighted by molar-refractivity contribution is -0.385. The van der Waals surface area contributed by atoms with E-state index in [2.05, 4.69) is 0 Å². The van der Waals surface area contributed by atoms with Gasteiger partial charge in [-0.15, -0.1) is 0 Å². The third kappa shape index (κ3) is 4.58. The number of primary amides is 1. The van der Waals surface area contributed by atoms with E-state index in [-0.39, 0.29) is 17.7 Å². The van der Waals surface area contributed by atoms with Crippen LogP contribution >= 0.6 is 0 Å². The number of nitro groups is 1. The molecule has 0 aliphatic heterocycles. The maximum atomic E-state index is 10.9. The zero-order valence-electron chi connectivity index (χ0n) is 9.91. The first-order chi connectivity index (χ1) is 8.90. The summed E-state index contributed by atoms with van der Waals surface area (Å²) in [4.78, 5) is 31.3. The molecule has 0 spiro atoms. The van der Waals surface area contributed by atoms with Crippen LogP contribution in [0.25, 0.3) is 6.08 Å². The van der Waals surface area contributed by atoms with Crippen molar-refractivity contribution in [3.8, 4) is 0 Å². The lowest BCUT2D eigenvalue weighted by Gasteiger charge is -2.01. The molecule has 7 nitrogen and oxygen atoms in total. The number of nitro benzene ring substituents is 1. The van der Waals surface area contributed by atoms with Crippen LogP contribution in [0, 0.1) is 10.1 Å². The van der Waals surface area contributed by atoms with E-state index in [0.717, 1.165) is 0 Å². The molecule has 0 saturated carbocycles. The summed E-state index contributed by atoms with van der Waals surface area (Å²) >= 11 is 0. The van der Waals surface area contributed by atoms with Gasteiger partial charge in [0.25, 0.3) is 5.69 Å². The number of benzene rings is 1. The Kier molecular flexibility index (Phi) is 4.76. The Morgan fingerprint density at radius 1 is 1.42 bits per heavy atom. The van der Waals surface area contributed by atoms with E-state index < -0.39 is 23.2 Å². The first-order valence-corrected chi connectivity index (χ1v) is 5.34. The normalized spacial score (nSPS) is 10.5. The summed E-state index contributed by atoms with van der Waals surface area (Å²) in [7, 11) is 0. The van der Waals surface area contributed by atoms with Crippen LogP contribution in [0.2, 0.25) is 0 Å². The van der Waals surface area contributed by atoms with Crippen LogP contribution < -0.4 is 5.73 Å². The largest absolute Gasteiger partial charge is 0.481 e. The fraction of sp³-hybridized carbons (Fsp3) is 0.167. The number of amides is 1. The van der Waals surface area contributed by atoms with Crippen molar-refractivity contribution in [3.63, 3.8) is 0 Å². The van der Waals surface area contributed by atoms with Crippen molar-refractivity contribution in [3.05, 3.63) is 45.5 Å². The van der Waals surface area contributed by atoms with Gasteiger partial charge in [0.2, 0.25) is 5.91 Å². The molecule has 1 aromatic carbocycles. The lowest BCUT2D eigenvalue weighted by Crippen LogP contribution is -2.07. The lowest BCUT2D eigenvalue weighted by atomic mass is 10.1. The van der Waals surface area contributed by atoms with Crippen molar-refractivity contribution in [1.82, 2.24) is 0 Å². The summed E-state index contributed by atoms with van der Waals surface area (Å²) in [6, 6.07) is 4.19. The molecule has 0 aliphatic rings. The van der Waals surface area contributed by atoms with Crippen LogP contribution in [-0.2, 0) is 16.0 Å². The zero-order chi connectivity index (χ0) is 14.4. The number of nitrogens with zero attached hydrogens (tertiary/aromatic N) is 1. The second kappa shape index (κ2) is 6.29. The average Bonchev–Trinajstić information content (AvgIpc) is 2.29. The van der Waals surface area contributed by atoms with E-state index in [1.807, 2.05) is 0 Å². The van der Waals surface area contributed by atoms with Crippen molar-refractivity contribution < 1.29 is 19.6 Å². The number of aliphatic carboxylic acids is 1. The summed E-state index contributed by atoms with van der Waals surface area (Å²) in [6.45, 7) is 0. The number of carboxylic acids is 1. The molecule has 1 aromatic rings. The minimum atomic E-state index is -1.14. The number of rotatable bonds is 6. The molecule has 0 aliphatic carbocycles. The molecule has 0 aromatic heterocycles. The number of hydrogen-bond acceptors (Lipinski definition) is 4. The summed E-state index contributed by atoms with van der Waals surface area (Å²) in [5.74, 6) is -1.65. The van der Waals surface area contributed by atoms with E-state index >= 15 is 0 Å². The Morgan fingerprint density at radius 3 is 2.63 bits per heavy atom. The Hall–Kier alpha value is -2.70. The predicted molar refractivity (Wildman–Crippen MR) is 67.3 cm³/mol. The molecule has 0 atom stereocenters. The molecule has 0 fully saturated rings. The topological polar surface area (TPSA) is 124 Å². The zero-order valence-corrected chi connectivity index (χ0v) is 9.91. The van der Waals surface area contributed by atoms with Gasteiger partial charge >= 0.3 is 5.97 Å². The van der Waals surface area contributed by atoms with Gasteiger partial charge in [-0.1, -0.05) is 24.3 Å². The van der Waals surface area contributed by atoms with Crippen LogP contribution in [0.3, 0.4) is 0 Å². The van der Waals surface area contributed by atoms with Crippen molar-refractivity contribution >= 4 is 23.6 Å². The van der Waals surface area contributed by atoms with E-state index in [1.165, 1.54) is 24.3 Å². The van der Waals surface area contributed by atoms with Gasteiger partial charge in [0, 0.05) is 18.1 Å². The van der Waals surface area contributed by atoms with Crippen LogP contribution in [0.1, 0.15) is 17.5 Å². The molecule has 3 N–H and O–H groups in total. The first-order valence-electron chi connectivity index (χ1n) is 5.34. The van der Waals surface area contributed by atoms with Gasteiger partial charge in [0.05, 0.1) is 11.3 Å². The Bertz CT molecular complexity index is 551. The Labute approximate surface area is 108 Å². The maximum Gasteiger partial charge on any atom is 0.308 e. The fourth-order valence-corrected chi connectivity index (χ4v) is 1.48. The third-order valence-corrected chi connectivity index (χ3v) is 2.28. The highest BCUT2D eigenvalue weighted by Crippen LogP contribution is 2.21. The Balaban J connectivity index is 3.02. The smallest absolute Gasteiger partial charge is 0.308 e. The van der Waals surface area contributed by atoms with Crippen LogP contribution in [-0.4, -0.2) is 21.9 Å². The van der Waals surface area contributed by atoms with Crippen LogP contribution in [0.15, 0.2) is 24.3 Å². The van der Waals surface area contributed by atoms with E-state index in [9.17, 15) is 19.7 Å². The number of nitrogens with two attached hydrogens (primary N) is 1. The van der Waals surface area contributed by atoms with E-state index in [1.54, 1.807) is 6.07 Å². The quantitative estimate of drug-likeness (QED) is 0.588. The minimum absolute atomic E-state index is 0.0324. The molecular formula is C12H12N2O5. The van der Waals surface area contributed by atoms with E-state index in [0.29, 0.717) is 5.56 Å². The standard InChI is InChI=1S/C12H12N2O5/c13-11(15)3-1-2-8-4-5-9(7-12(16)17)10(6-8)14(18)19/h1-2,4-6H,3,7H2,(H2,13,15)(H,16,17). The number of carboxylic acid groups (broad SMARTS) is 1. The van der Waals surface area contributed by atoms with Crippen molar-refractivity contribution in [1.29, 1.82) is 0 Å². The average molecular weight is 264 g/mol. The van der Waals surface area contributed by atoms with Crippen LogP contribution in [0.4, 0.5) is 5.69 Å². The van der Waals surface area contributed by atoms with Gasteiger partial charge in [-0.3, -0.25) is 19.7 Å². The molecule has 1 amide bonds. The summed E-state index contributed by atoms with van der Waals surface area (Å²) in [5, 5.41) is 19.5. The second-order valence-electron chi connectivity index (χ2n) is 3.79. The summed E-state index contributed by atoms with van der Waals surface area (Å²) in [6.07, 6.45) is 2.62. The molecule has 0 saturated heterocycles. The summed E-state index contributed by atoms with van der Waals surface area (Å²) in [5.41, 5.74) is 5.32. The van der Waals surface area contributed by atoms with E-state index in [4.69, 9.17) is 10.8 Å². The van der Waals surface area contributed by atoms with Crippen molar-refractivity contribution in [2.75, 3.05) is 0 Å². The molecule has 19 heavy (non-hydrogen) atoms. The highest BCUT2D eigenvalue weighted by Gasteiger charge is 2.16. The predicted octanol–water partition coefficient (Wildman–Crippen LogP) is 1.11. The van der Waals surface area contributed by atoms with Gasteiger partial charge in [-0.05, 0) is 5.56 Å². The molecular weight excluding hydrogens is 252 g/mol. The van der Waals surface area contributed by atoms with Gasteiger partial charge in [0.15, 0.2) is 0 Å². The molecule has 0 bridgehead atoms. The number of hydrogen-bond donors (Lipinski definition) is 2. The number of carbonyl (C=O) groups is 2. The molecule has 0 radical (unpaired) electrons. The van der Waals surface area contributed by atoms with Gasteiger partial charge in [-0.25, -0.2) is 0 Å². The van der Waals surface area contributed by atoms with Gasteiger partial charge in [0.1, 0.15) is 0 Å². The monoisotopic (exact) mass is 264 g/mol. The van der Waals surface area contributed by atoms with Crippen LogP contribution in [0.5, 0.6) is 0 Å². The van der Waals surface area contributed by atoms with Crippen molar-refractivity contribution in [2.24, 2.45) is 5.73 Å². The van der Waals surface area contributed by atoms with Gasteiger partial charge < -0.3 is 10.8 Å².